The van der Waals surface area contributed by atoms with Gasteiger partial charge in [0.1, 0.15) is 5.75 Å². The van der Waals surface area contributed by atoms with Gasteiger partial charge in [-0.15, -0.1) is 0 Å². The van der Waals surface area contributed by atoms with Crippen molar-refractivity contribution in [1.82, 2.24) is 16.2 Å². The fraction of sp³-hybridized carbons (Fsp3) is 0.250. The Balaban J connectivity index is 1.71. The number of ether oxygens (including phenoxy) is 1. The molecule has 0 spiro atoms. The summed E-state index contributed by atoms with van der Waals surface area (Å²) in [5.41, 5.74) is 5.95. The molecule has 0 unspecified atom stereocenters. The smallest absolute Gasteiger partial charge is 0.257 e. The van der Waals surface area contributed by atoms with Crippen LogP contribution < -0.4 is 26.2 Å². The van der Waals surface area contributed by atoms with Crippen LogP contribution in [0.1, 0.15) is 30.1 Å². The lowest BCUT2D eigenvalue weighted by Gasteiger charge is -2.12. The number of unbranched alkanes of at least 4 members (excludes halogenated alkanes) is 1. The minimum atomic E-state index is -0.471. The largest absolute Gasteiger partial charge is 0.494 e. The second-order valence-corrected chi connectivity index (χ2v) is 7.39. The number of carbonyl (C=O) groups excluding carboxylic acids is 2. The number of halogens is 2. The number of carbonyl (C=O) groups is 2. The van der Waals surface area contributed by atoms with Crippen molar-refractivity contribution in [3.63, 3.8) is 0 Å². The fourth-order valence-electron chi connectivity index (χ4n) is 2.21. The van der Waals surface area contributed by atoms with Crippen molar-refractivity contribution < 1.29 is 14.3 Å². The average molecular weight is 469 g/mol. The Kier molecular flexibility index (Phi) is 9.66. The number of hydrazine groups is 1. The minimum Gasteiger partial charge on any atom is -0.494 e. The first-order chi connectivity index (χ1) is 14.4. The van der Waals surface area contributed by atoms with Gasteiger partial charge in [0.2, 0.25) is 0 Å². The van der Waals surface area contributed by atoms with E-state index in [-0.39, 0.29) is 17.6 Å². The lowest BCUT2D eigenvalue weighted by Crippen LogP contribution is -2.47. The first kappa shape index (κ1) is 23.7. The zero-order chi connectivity index (χ0) is 21.9. The van der Waals surface area contributed by atoms with Gasteiger partial charge in [-0.3, -0.25) is 20.4 Å². The summed E-state index contributed by atoms with van der Waals surface area (Å²) in [6, 6.07) is 11.6. The van der Waals surface area contributed by atoms with Crippen LogP contribution in [0.15, 0.2) is 42.5 Å². The highest BCUT2D eigenvalue weighted by Crippen LogP contribution is 2.24. The lowest BCUT2D eigenvalue weighted by molar-refractivity contribution is -0.120. The van der Waals surface area contributed by atoms with Crippen LogP contribution in [0.4, 0.5) is 5.69 Å². The van der Waals surface area contributed by atoms with Crippen molar-refractivity contribution in [3.05, 3.63) is 58.1 Å². The highest BCUT2D eigenvalue weighted by Gasteiger charge is 2.09. The Morgan fingerprint density at radius 3 is 2.43 bits per heavy atom. The van der Waals surface area contributed by atoms with Gasteiger partial charge in [0.05, 0.1) is 23.2 Å². The van der Waals surface area contributed by atoms with E-state index >= 15 is 0 Å². The summed E-state index contributed by atoms with van der Waals surface area (Å²) in [6.45, 7) is 2.50. The van der Waals surface area contributed by atoms with Crippen LogP contribution in [-0.4, -0.2) is 30.1 Å². The molecule has 0 radical (unpaired) electrons. The van der Waals surface area contributed by atoms with Crippen LogP contribution >= 0.6 is 35.4 Å². The number of hydrogen-bond donors (Lipinski definition) is 4. The molecule has 7 nitrogen and oxygen atoms in total. The van der Waals surface area contributed by atoms with Crippen LogP contribution in [0.5, 0.6) is 5.75 Å². The molecule has 30 heavy (non-hydrogen) atoms. The Morgan fingerprint density at radius 2 is 1.77 bits per heavy atom. The van der Waals surface area contributed by atoms with E-state index in [1.165, 1.54) is 0 Å². The van der Waals surface area contributed by atoms with Crippen LogP contribution in [0, 0.1) is 0 Å². The van der Waals surface area contributed by atoms with Gasteiger partial charge in [-0.25, -0.2) is 0 Å². The van der Waals surface area contributed by atoms with Gasteiger partial charge < -0.3 is 15.4 Å². The molecule has 0 atom stereocenters. The summed E-state index contributed by atoms with van der Waals surface area (Å²) in [4.78, 5) is 24.0. The van der Waals surface area contributed by atoms with Gasteiger partial charge in [0, 0.05) is 11.3 Å². The number of benzene rings is 2. The third-order valence-corrected chi connectivity index (χ3v) is 4.73. The van der Waals surface area contributed by atoms with Crippen molar-refractivity contribution in [1.29, 1.82) is 0 Å². The standard InChI is InChI=1S/C20H22Cl2N4O3S/c1-2-3-10-29-15-7-4-13(5-8-15)19(28)23-12-18(27)25-26-20(30)24-14-6-9-16(21)17(22)11-14/h4-9,11H,2-3,10,12H2,1H3,(H,23,28)(H,25,27)(H2,24,26,30). The van der Waals surface area contributed by atoms with Crippen molar-refractivity contribution in [2.24, 2.45) is 0 Å². The van der Waals surface area contributed by atoms with Gasteiger partial charge in [0.25, 0.3) is 11.8 Å². The van der Waals surface area contributed by atoms with E-state index in [4.69, 9.17) is 40.2 Å². The third-order valence-electron chi connectivity index (χ3n) is 3.79. The van der Waals surface area contributed by atoms with Gasteiger partial charge >= 0.3 is 0 Å². The van der Waals surface area contributed by atoms with Crippen molar-refractivity contribution in [2.45, 2.75) is 19.8 Å². The van der Waals surface area contributed by atoms with Crippen LogP contribution in [0.3, 0.4) is 0 Å². The van der Waals surface area contributed by atoms with Gasteiger partial charge in [-0.1, -0.05) is 36.5 Å². The molecule has 0 bridgehead atoms. The minimum absolute atomic E-state index is 0.145. The summed E-state index contributed by atoms with van der Waals surface area (Å²) >= 11 is 16.9. The second-order valence-electron chi connectivity index (χ2n) is 6.17. The molecule has 160 valence electrons. The summed E-state index contributed by atoms with van der Waals surface area (Å²) in [6.07, 6.45) is 2.02. The summed E-state index contributed by atoms with van der Waals surface area (Å²) in [5, 5.41) is 6.31. The van der Waals surface area contributed by atoms with Gasteiger partial charge in [-0.2, -0.15) is 0 Å². The van der Waals surface area contributed by atoms with Crippen molar-refractivity contribution in [3.8, 4) is 5.75 Å². The summed E-state index contributed by atoms with van der Waals surface area (Å²) in [5.74, 6) is -0.146. The zero-order valence-corrected chi connectivity index (χ0v) is 18.6. The molecular formula is C20H22Cl2N4O3S. The molecular weight excluding hydrogens is 447 g/mol. The number of thiocarbonyl (C=S) groups is 1. The van der Waals surface area contributed by atoms with Crippen molar-refractivity contribution in [2.75, 3.05) is 18.5 Å². The average Bonchev–Trinajstić information content (AvgIpc) is 2.74. The van der Waals surface area contributed by atoms with E-state index in [2.05, 4.69) is 28.4 Å². The predicted molar refractivity (Wildman–Crippen MR) is 123 cm³/mol. The topological polar surface area (TPSA) is 91.5 Å². The second kappa shape index (κ2) is 12.2. The Bertz CT molecular complexity index is 894. The number of rotatable bonds is 8. The quantitative estimate of drug-likeness (QED) is 0.266. The Morgan fingerprint density at radius 1 is 1.03 bits per heavy atom. The summed E-state index contributed by atoms with van der Waals surface area (Å²) < 4.78 is 5.55. The van der Waals surface area contributed by atoms with Crippen LogP contribution in [0.2, 0.25) is 10.0 Å². The SMILES string of the molecule is CCCCOc1ccc(C(=O)NCC(=O)NNC(=S)Nc2ccc(Cl)c(Cl)c2)cc1. The fourth-order valence-corrected chi connectivity index (χ4v) is 2.67. The Labute approximate surface area is 190 Å². The van der Waals surface area contributed by atoms with Crippen LogP contribution in [-0.2, 0) is 4.79 Å². The Hall–Kier alpha value is -2.55. The molecule has 2 rings (SSSR count). The van der Waals surface area contributed by atoms with Crippen molar-refractivity contribution >= 4 is 58.0 Å². The normalized spacial score (nSPS) is 10.1. The highest BCUT2D eigenvalue weighted by atomic mass is 35.5. The lowest BCUT2D eigenvalue weighted by atomic mass is 10.2. The molecule has 0 saturated carbocycles. The molecule has 0 aromatic heterocycles. The first-order valence-corrected chi connectivity index (χ1v) is 10.4. The summed E-state index contributed by atoms with van der Waals surface area (Å²) in [7, 11) is 0. The van der Waals surface area contributed by atoms with E-state index in [9.17, 15) is 9.59 Å². The molecule has 0 aliphatic heterocycles. The molecule has 2 amide bonds. The predicted octanol–water partition coefficient (Wildman–Crippen LogP) is 3.92. The van der Waals surface area contributed by atoms with Crippen LogP contribution in [0.25, 0.3) is 0 Å². The molecule has 0 heterocycles. The molecule has 2 aromatic rings. The number of hydrogen-bond acceptors (Lipinski definition) is 4. The maximum atomic E-state index is 12.1. The highest BCUT2D eigenvalue weighted by molar-refractivity contribution is 7.80. The molecule has 0 saturated heterocycles. The number of nitrogens with one attached hydrogen (secondary N) is 4. The zero-order valence-electron chi connectivity index (χ0n) is 16.3. The van der Waals surface area contributed by atoms with E-state index in [0.29, 0.717) is 33.7 Å². The maximum Gasteiger partial charge on any atom is 0.257 e. The first-order valence-electron chi connectivity index (χ1n) is 9.21. The molecule has 4 N–H and O–H groups in total. The monoisotopic (exact) mass is 468 g/mol. The molecule has 0 aliphatic rings. The molecule has 2 aromatic carbocycles. The van der Waals surface area contributed by atoms with E-state index in [1.54, 1.807) is 42.5 Å². The molecule has 10 heteroatoms. The molecule has 0 fully saturated rings. The number of anilines is 1. The van der Waals surface area contributed by atoms with Gasteiger partial charge in [0.15, 0.2) is 5.11 Å². The number of amides is 2. The van der Waals surface area contributed by atoms with Gasteiger partial charge in [-0.05, 0) is 61.1 Å². The maximum absolute atomic E-state index is 12.1. The van der Waals surface area contributed by atoms with E-state index in [0.717, 1.165) is 12.8 Å². The van der Waals surface area contributed by atoms with E-state index < -0.39 is 5.91 Å². The third kappa shape index (κ3) is 8.06. The van der Waals surface area contributed by atoms with E-state index in [1.807, 2.05) is 0 Å². The molecule has 0 aliphatic carbocycles.